The van der Waals surface area contributed by atoms with E-state index in [-0.39, 0.29) is 18.5 Å². The fraction of sp³-hybridized carbons (Fsp3) is 0.357. The van der Waals surface area contributed by atoms with Gasteiger partial charge >= 0.3 is 5.97 Å². The van der Waals surface area contributed by atoms with Gasteiger partial charge in [-0.3, -0.25) is 20.5 Å². The molecular formula is C28H32N4O4. The van der Waals surface area contributed by atoms with Crippen LogP contribution in [0, 0.1) is 6.92 Å². The number of nitrogens with two attached hydrogens (primary N) is 1. The van der Waals surface area contributed by atoms with Gasteiger partial charge < -0.3 is 14.3 Å². The van der Waals surface area contributed by atoms with Gasteiger partial charge in [0.05, 0.1) is 6.04 Å². The number of aryl methyl sites for hydroxylation is 1. The van der Waals surface area contributed by atoms with Crippen LogP contribution in [0.3, 0.4) is 0 Å². The first kappa shape index (κ1) is 24.2. The highest BCUT2D eigenvalue weighted by Gasteiger charge is 2.35. The van der Waals surface area contributed by atoms with E-state index in [1.165, 1.54) is 0 Å². The third-order valence-corrected chi connectivity index (χ3v) is 7.19. The van der Waals surface area contributed by atoms with Crippen LogP contribution in [0.1, 0.15) is 47.1 Å². The van der Waals surface area contributed by atoms with Gasteiger partial charge in [-0.05, 0) is 38.5 Å². The molecule has 1 fully saturated rings. The summed E-state index contributed by atoms with van der Waals surface area (Å²) in [5.41, 5.74) is 8.01. The summed E-state index contributed by atoms with van der Waals surface area (Å²) in [5.74, 6) is -0.00450. The van der Waals surface area contributed by atoms with Gasteiger partial charge in [-0.1, -0.05) is 24.3 Å². The van der Waals surface area contributed by atoms with Gasteiger partial charge in [0, 0.05) is 66.3 Å². The molecule has 5 rings (SSSR count). The zero-order chi connectivity index (χ0) is 25.4. The molecule has 0 aliphatic carbocycles. The van der Waals surface area contributed by atoms with Crippen molar-refractivity contribution >= 4 is 27.7 Å². The largest absolute Gasteiger partial charge is 0.507 e. The van der Waals surface area contributed by atoms with Crippen molar-refractivity contribution in [1.82, 2.24) is 14.8 Å². The van der Waals surface area contributed by atoms with Crippen molar-refractivity contribution in [2.24, 2.45) is 5.73 Å². The second-order valence-electron chi connectivity index (χ2n) is 9.49. The summed E-state index contributed by atoms with van der Waals surface area (Å²) in [5, 5.41) is 13.8. The minimum Gasteiger partial charge on any atom is -0.507 e. The molecule has 36 heavy (non-hydrogen) atoms. The molecule has 1 aliphatic rings. The number of hydrogen-bond donors (Lipinski definition) is 2. The Bertz CT molecular complexity index is 1390. The first-order valence-electron chi connectivity index (χ1n) is 12.3. The highest BCUT2D eigenvalue weighted by Crippen LogP contribution is 2.47. The standard InChI is InChI=1S/C28H32N4O4/c1-17(2)31-12-14-32(15-13-31)25(19-8-10-30-11-9-19)24-23-22(28(34)35-16-29)18(3)36-27(23)21-7-5-4-6-20(21)26(24)33/h4-11,17,25,33H,12-16,29H2,1-3H3. The quantitative estimate of drug-likeness (QED) is 0.308. The molecule has 2 aromatic heterocycles. The van der Waals surface area contributed by atoms with E-state index < -0.39 is 5.97 Å². The van der Waals surface area contributed by atoms with Crippen LogP contribution in [0.15, 0.2) is 53.2 Å². The molecule has 1 saturated heterocycles. The summed E-state index contributed by atoms with van der Waals surface area (Å²) in [4.78, 5) is 22.1. The van der Waals surface area contributed by atoms with Crippen molar-refractivity contribution < 1.29 is 19.1 Å². The molecule has 8 nitrogen and oxygen atoms in total. The van der Waals surface area contributed by atoms with E-state index >= 15 is 0 Å². The topological polar surface area (TPSA) is 105 Å². The molecule has 188 valence electrons. The third-order valence-electron chi connectivity index (χ3n) is 7.19. The third kappa shape index (κ3) is 4.11. The van der Waals surface area contributed by atoms with Crippen LogP contribution < -0.4 is 5.73 Å². The number of benzene rings is 2. The average molecular weight is 489 g/mol. The summed E-state index contributed by atoms with van der Waals surface area (Å²) in [6.45, 7) is 9.33. The number of carbonyl (C=O) groups excluding carboxylic acids is 1. The van der Waals surface area contributed by atoms with E-state index in [0.29, 0.717) is 39.3 Å². The number of phenolic OH excluding ortho intramolecular Hbond substituents is 1. The van der Waals surface area contributed by atoms with E-state index in [4.69, 9.17) is 14.9 Å². The highest BCUT2D eigenvalue weighted by atomic mass is 16.5. The van der Waals surface area contributed by atoms with Crippen LogP contribution in [0.5, 0.6) is 5.75 Å². The van der Waals surface area contributed by atoms with E-state index in [1.54, 1.807) is 19.3 Å². The Kier molecular flexibility index (Phi) is 6.66. The monoisotopic (exact) mass is 488 g/mol. The van der Waals surface area contributed by atoms with Gasteiger partial charge in [-0.2, -0.15) is 0 Å². The molecule has 0 radical (unpaired) electrons. The van der Waals surface area contributed by atoms with Crippen molar-refractivity contribution in [3.8, 4) is 5.75 Å². The molecule has 1 unspecified atom stereocenters. The van der Waals surface area contributed by atoms with Gasteiger partial charge in [0.2, 0.25) is 0 Å². The maximum atomic E-state index is 13.1. The van der Waals surface area contributed by atoms with E-state index in [9.17, 15) is 9.90 Å². The number of carbonyl (C=O) groups is 1. The molecule has 3 N–H and O–H groups in total. The highest BCUT2D eigenvalue weighted by molar-refractivity contribution is 6.16. The predicted octanol–water partition coefficient (Wildman–Crippen LogP) is 4.18. The van der Waals surface area contributed by atoms with Gasteiger partial charge in [0.15, 0.2) is 0 Å². The second-order valence-corrected chi connectivity index (χ2v) is 9.49. The van der Waals surface area contributed by atoms with E-state index in [2.05, 4.69) is 28.6 Å². The van der Waals surface area contributed by atoms with Gasteiger partial charge in [0.1, 0.15) is 29.4 Å². The first-order valence-corrected chi connectivity index (χ1v) is 12.3. The van der Waals surface area contributed by atoms with E-state index in [1.807, 2.05) is 36.4 Å². The Labute approximate surface area is 210 Å². The summed E-state index contributed by atoms with van der Waals surface area (Å²) < 4.78 is 11.4. The number of aromatic hydroxyl groups is 1. The van der Waals surface area contributed by atoms with Gasteiger partial charge in [-0.15, -0.1) is 0 Å². The Morgan fingerprint density at radius 2 is 1.72 bits per heavy atom. The number of nitrogens with zero attached hydrogens (tertiary/aromatic N) is 3. The maximum Gasteiger partial charge on any atom is 0.343 e. The van der Waals surface area contributed by atoms with Crippen molar-refractivity contribution in [2.75, 3.05) is 32.9 Å². The number of ether oxygens (including phenoxy) is 1. The number of pyridine rings is 1. The Morgan fingerprint density at radius 3 is 2.36 bits per heavy atom. The Morgan fingerprint density at radius 1 is 1.08 bits per heavy atom. The Balaban J connectivity index is 1.81. The SMILES string of the molecule is Cc1oc2c(c1C(=O)OCN)c(C(c1ccncc1)N1CCN(C(C)C)CC1)c(O)c1ccccc12. The molecule has 1 atom stereocenters. The molecule has 0 spiro atoms. The zero-order valence-corrected chi connectivity index (χ0v) is 20.9. The van der Waals surface area contributed by atoms with Crippen molar-refractivity contribution in [3.05, 3.63) is 71.2 Å². The van der Waals surface area contributed by atoms with Gasteiger partial charge in [0.25, 0.3) is 0 Å². The number of fused-ring (bicyclic) bond motifs is 3. The van der Waals surface area contributed by atoms with Crippen LogP contribution in [0.4, 0.5) is 0 Å². The lowest BCUT2D eigenvalue weighted by Crippen LogP contribution is -2.50. The smallest absolute Gasteiger partial charge is 0.343 e. The second kappa shape index (κ2) is 9.89. The molecule has 1 aliphatic heterocycles. The number of rotatable bonds is 6. The number of furan rings is 1. The normalized spacial score (nSPS) is 16.1. The van der Waals surface area contributed by atoms with E-state index in [0.717, 1.165) is 37.1 Å². The molecule has 3 heterocycles. The molecule has 0 bridgehead atoms. The van der Waals surface area contributed by atoms with Gasteiger partial charge in [-0.25, -0.2) is 4.79 Å². The number of esters is 1. The number of hydrogen-bond acceptors (Lipinski definition) is 8. The first-order chi connectivity index (χ1) is 17.4. The molecule has 2 aromatic carbocycles. The van der Waals surface area contributed by atoms with Crippen molar-refractivity contribution in [3.63, 3.8) is 0 Å². The average Bonchev–Trinajstić information content (AvgIpc) is 3.24. The fourth-order valence-corrected chi connectivity index (χ4v) is 5.42. The van der Waals surface area contributed by atoms with Crippen molar-refractivity contribution in [2.45, 2.75) is 32.9 Å². The number of piperazine rings is 1. The minimum atomic E-state index is -0.567. The lowest BCUT2D eigenvalue weighted by Gasteiger charge is -2.41. The lowest BCUT2D eigenvalue weighted by molar-refractivity contribution is 0.0515. The molecule has 0 amide bonds. The summed E-state index contributed by atoms with van der Waals surface area (Å²) in [6.07, 6.45) is 3.51. The van der Waals surface area contributed by atoms with Crippen LogP contribution >= 0.6 is 0 Å². The van der Waals surface area contributed by atoms with Crippen molar-refractivity contribution in [1.29, 1.82) is 0 Å². The molecule has 0 saturated carbocycles. The number of aromatic nitrogens is 1. The molecule has 8 heteroatoms. The van der Waals surface area contributed by atoms with Crippen LogP contribution in [-0.2, 0) is 4.74 Å². The molecule has 4 aromatic rings. The Hall–Kier alpha value is -3.46. The maximum absolute atomic E-state index is 13.1. The molecular weight excluding hydrogens is 456 g/mol. The van der Waals surface area contributed by atoms with Crippen LogP contribution in [0.25, 0.3) is 21.7 Å². The predicted molar refractivity (Wildman–Crippen MR) is 139 cm³/mol. The minimum absolute atomic E-state index is 0.133. The lowest BCUT2D eigenvalue weighted by atomic mass is 9.89. The summed E-state index contributed by atoms with van der Waals surface area (Å²) in [7, 11) is 0. The number of phenols is 1. The van der Waals surface area contributed by atoms with Crippen LogP contribution in [-0.4, -0.2) is 64.8 Å². The summed E-state index contributed by atoms with van der Waals surface area (Å²) >= 11 is 0. The fourth-order valence-electron chi connectivity index (χ4n) is 5.42. The van der Waals surface area contributed by atoms with Crippen LogP contribution in [0.2, 0.25) is 0 Å². The summed E-state index contributed by atoms with van der Waals surface area (Å²) in [6, 6.07) is 11.6. The zero-order valence-electron chi connectivity index (χ0n) is 20.9.